The fourth-order valence-electron chi connectivity index (χ4n) is 1.97. The lowest BCUT2D eigenvalue weighted by Crippen LogP contribution is -2.43. The van der Waals surface area contributed by atoms with Crippen molar-refractivity contribution >= 4 is 21.4 Å². The van der Waals surface area contributed by atoms with Crippen molar-refractivity contribution in [3.63, 3.8) is 0 Å². The zero-order chi connectivity index (χ0) is 14.6. The fourth-order valence-corrected chi connectivity index (χ4v) is 3.17. The number of sulfone groups is 1. The van der Waals surface area contributed by atoms with Crippen molar-refractivity contribution < 1.29 is 13.2 Å². The van der Waals surface area contributed by atoms with Gasteiger partial charge in [-0.15, -0.1) is 0 Å². The van der Waals surface area contributed by atoms with Crippen LogP contribution in [-0.4, -0.2) is 55.3 Å². The summed E-state index contributed by atoms with van der Waals surface area (Å²) in [5.41, 5.74) is 1.23. The smallest absolute Gasteiger partial charge is 0.272 e. The molecule has 1 fully saturated rings. The van der Waals surface area contributed by atoms with Gasteiger partial charge in [0.2, 0.25) is 0 Å². The molecule has 110 valence electrons. The molecule has 0 radical (unpaired) electrons. The van der Waals surface area contributed by atoms with Gasteiger partial charge in [0.25, 0.3) is 5.91 Å². The van der Waals surface area contributed by atoms with Crippen LogP contribution in [0, 0.1) is 0 Å². The van der Waals surface area contributed by atoms with E-state index in [-0.39, 0.29) is 30.5 Å². The summed E-state index contributed by atoms with van der Waals surface area (Å²) in [6, 6.07) is 3.49. The van der Waals surface area contributed by atoms with Gasteiger partial charge in [0.05, 0.1) is 23.4 Å². The molecule has 1 aromatic heterocycles. The first-order chi connectivity index (χ1) is 9.52. The predicted molar refractivity (Wildman–Crippen MR) is 77.6 cm³/mol. The number of amides is 1. The van der Waals surface area contributed by atoms with E-state index >= 15 is 0 Å². The molecule has 0 saturated carbocycles. The van der Waals surface area contributed by atoms with E-state index in [1.54, 1.807) is 17.2 Å². The molecule has 0 aromatic carbocycles. The number of anilines is 1. The van der Waals surface area contributed by atoms with Crippen LogP contribution in [0.2, 0.25) is 0 Å². The lowest BCUT2D eigenvalue weighted by atomic mass is 10.3. The Morgan fingerprint density at radius 3 is 2.60 bits per heavy atom. The highest BCUT2D eigenvalue weighted by atomic mass is 32.2. The lowest BCUT2D eigenvalue weighted by Gasteiger charge is -2.26. The van der Waals surface area contributed by atoms with E-state index in [0.29, 0.717) is 5.69 Å². The van der Waals surface area contributed by atoms with Crippen LogP contribution < -0.4 is 5.32 Å². The Morgan fingerprint density at radius 1 is 1.35 bits per heavy atom. The summed E-state index contributed by atoms with van der Waals surface area (Å²) in [5, 5.41) is 3.18. The molecule has 1 amide bonds. The fraction of sp³-hybridized carbons (Fsp3) is 0.538. The molecule has 1 aliphatic rings. The molecule has 1 N–H and O–H groups in total. The molecule has 2 heterocycles. The second-order valence-corrected chi connectivity index (χ2v) is 7.11. The van der Waals surface area contributed by atoms with Crippen LogP contribution in [0.3, 0.4) is 0 Å². The van der Waals surface area contributed by atoms with E-state index in [0.717, 1.165) is 18.7 Å². The van der Waals surface area contributed by atoms with Crippen molar-refractivity contribution in [3.8, 4) is 0 Å². The molecular weight excluding hydrogens is 278 g/mol. The molecule has 0 atom stereocenters. The number of carbonyl (C=O) groups excluding carboxylic acids is 1. The number of pyridine rings is 1. The third-order valence-corrected chi connectivity index (χ3v) is 4.80. The molecule has 0 bridgehead atoms. The minimum Gasteiger partial charge on any atom is -0.384 e. The summed E-state index contributed by atoms with van der Waals surface area (Å²) in [6.45, 7) is 3.43. The number of nitrogens with one attached hydrogen (secondary N) is 1. The van der Waals surface area contributed by atoms with Gasteiger partial charge in [-0.25, -0.2) is 13.4 Å². The maximum Gasteiger partial charge on any atom is 0.272 e. The molecule has 1 aliphatic heterocycles. The zero-order valence-corrected chi connectivity index (χ0v) is 12.3. The predicted octanol–water partition coefficient (Wildman–Crippen LogP) is 0.774. The van der Waals surface area contributed by atoms with Crippen LogP contribution >= 0.6 is 0 Å². The summed E-state index contributed by atoms with van der Waals surface area (Å²) < 4.78 is 22.7. The number of nitrogens with zero attached hydrogens (tertiary/aromatic N) is 2. The molecule has 0 unspecified atom stereocenters. The Bertz CT molecular complexity index is 555. The van der Waals surface area contributed by atoms with Crippen LogP contribution in [0.4, 0.5) is 5.69 Å². The third-order valence-electron chi connectivity index (χ3n) is 3.19. The van der Waals surface area contributed by atoms with Gasteiger partial charge in [-0.2, -0.15) is 0 Å². The van der Waals surface area contributed by atoms with Crippen LogP contribution in [-0.2, 0) is 9.84 Å². The summed E-state index contributed by atoms with van der Waals surface area (Å²) in [5.74, 6) is -0.133. The van der Waals surface area contributed by atoms with Crippen molar-refractivity contribution in [2.75, 3.05) is 36.5 Å². The second-order valence-electron chi connectivity index (χ2n) is 4.80. The lowest BCUT2D eigenvalue weighted by molar-refractivity contribution is 0.0764. The quantitative estimate of drug-likeness (QED) is 0.888. The third kappa shape index (κ3) is 3.69. The SMILES string of the molecule is CCCNc1ccc(C(=O)N2CCS(=O)(=O)CC2)nc1. The largest absolute Gasteiger partial charge is 0.384 e. The van der Waals surface area contributed by atoms with Gasteiger partial charge in [-0.1, -0.05) is 6.92 Å². The van der Waals surface area contributed by atoms with E-state index in [1.807, 2.05) is 6.07 Å². The molecule has 0 spiro atoms. The first-order valence-electron chi connectivity index (χ1n) is 6.71. The van der Waals surface area contributed by atoms with Crippen LogP contribution in [0.5, 0.6) is 0 Å². The minimum atomic E-state index is -2.97. The molecule has 7 heteroatoms. The number of aromatic nitrogens is 1. The normalized spacial score (nSPS) is 17.8. The Balaban J connectivity index is 1.99. The van der Waals surface area contributed by atoms with Crippen molar-refractivity contribution in [1.29, 1.82) is 0 Å². The summed E-state index contributed by atoms with van der Waals surface area (Å²) >= 11 is 0. The monoisotopic (exact) mass is 297 g/mol. The van der Waals surface area contributed by atoms with Gasteiger partial charge in [0.15, 0.2) is 9.84 Å². The maximum absolute atomic E-state index is 12.2. The van der Waals surface area contributed by atoms with E-state index in [1.165, 1.54) is 0 Å². The van der Waals surface area contributed by atoms with Crippen molar-refractivity contribution in [3.05, 3.63) is 24.0 Å². The summed E-state index contributed by atoms with van der Waals surface area (Å²) in [7, 11) is -2.97. The number of hydrogen-bond acceptors (Lipinski definition) is 5. The highest BCUT2D eigenvalue weighted by Crippen LogP contribution is 2.11. The number of carbonyl (C=O) groups is 1. The first-order valence-corrected chi connectivity index (χ1v) is 8.53. The van der Waals surface area contributed by atoms with E-state index in [4.69, 9.17) is 0 Å². The van der Waals surface area contributed by atoms with E-state index in [2.05, 4.69) is 17.2 Å². The average molecular weight is 297 g/mol. The standard InChI is InChI=1S/C13H19N3O3S/c1-2-5-14-11-3-4-12(15-10-11)13(17)16-6-8-20(18,19)9-7-16/h3-4,10,14H,2,5-9H2,1H3. The van der Waals surface area contributed by atoms with Crippen molar-refractivity contribution in [2.24, 2.45) is 0 Å². The van der Waals surface area contributed by atoms with E-state index < -0.39 is 9.84 Å². The highest BCUT2D eigenvalue weighted by molar-refractivity contribution is 7.91. The van der Waals surface area contributed by atoms with Crippen LogP contribution in [0.1, 0.15) is 23.8 Å². The van der Waals surface area contributed by atoms with Gasteiger partial charge in [0, 0.05) is 19.6 Å². The molecule has 20 heavy (non-hydrogen) atoms. The van der Waals surface area contributed by atoms with Crippen LogP contribution in [0.25, 0.3) is 0 Å². The molecule has 2 rings (SSSR count). The first kappa shape index (κ1) is 14.8. The van der Waals surface area contributed by atoms with Crippen LogP contribution in [0.15, 0.2) is 18.3 Å². The Kier molecular flexibility index (Phi) is 4.59. The highest BCUT2D eigenvalue weighted by Gasteiger charge is 2.26. The summed E-state index contributed by atoms with van der Waals surface area (Å²) in [4.78, 5) is 17.9. The number of rotatable bonds is 4. The van der Waals surface area contributed by atoms with Gasteiger partial charge in [0.1, 0.15) is 5.69 Å². The van der Waals surface area contributed by atoms with Crippen molar-refractivity contribution in [2.45, 2.75) is 13.3 Å². The molecule has 1 saturated heterocycles. The second kappa shape index (κ2) is 6.21. The topological polar surface area (TPSA) is 79.4 Å². The molecular formula is C13H19N3O3S. The average Bonchev–Trinajstić information content (AvgIpc) is 2.45. The Labute approximate surface area is 119 Å². The van der Waals surface area contributed by atoms with E-state index in [9.17, 15) is 13.2 Å². The van der Waals surface area contributed by atoms with Gasteiger partial charge in [-0.3, -0.25) is 4.79 Å². The van der Waals surface area contributed by atoms with Gasteiger partial charge < -0.3 is 10.2 Å². The van der Waals surface area contributed by atoms with Gasteiger partial charge >= 0.3 is 0 Å². The molecule has 6 nitrogen and oxygen atoms in total. The summed E-state index contributed by atoms with van der Waals surface area (Å²) in [6.07, 6.45) is 2.65. The van der Waals surface area contributed by atoms with Gasteiger partial charge in [-0.05, 0) is 18.6 Å². The number of hydrogen-bond donors (Lipinski definition) is 1. The Morgan fingerprint density at radius 2 is 2.05 bits per heavy atom. The molecule has 0 aliphatic carbocycles. The van der Waals surface area contributed by atoms with Crippen molar-refractivity contribution in [1.82, 2.24) is 9.88 Å². The Hall–Kier alpha value is -1.63. The maximum atomic E-state index is 12.2. The minimum absolute atomic E-state index is 0.0366. The molecule has 1 aromatic rings. The zero-order valence-electron chi connectivity index (χ0n) is 11.5.